The van der Waals surface area contributed by atoms with E-state index in [-0.39, 0.29) is 38.8 Å². The fraction of sp³-hybridized carbons (Fsp3) is 0.235. The molecule has 11 heteroatoms. The van der Waals surface area contributed by atoms with E-state index in [0.717, 1.165) is 11.3 Å². The number of carbonyl (C=O) groups excluding carboxylic acids is 2. The second kappa shape index (κ2) is 9.63. The summed E-state index contributed by atoms with van der Waals surface area (Å²) in [7, 11) is 0. The number of anilines is 1. The van der Waals surface area contributed by atoms with Gasteiger partial charge in [0.25, 0.3) is 5.91 Å². The van der Waals surface area contributed by atoms with E-state index in [9.17, 15) is 14.7 Å². The molecule has 2 N–H and O–H groups in total. The number of aryl methyl sites for hydroxylation is 1. The zero-order valence-electron chi connectivity index (χ0n) is 15.1. The van der Waals surface area contributed by atoms with Crippen LogP contribution in [-0.2, 0) is 9.53 Å². The summed E-state index contributed by atoms with van der Waals surface area (Å²) in [4.78, 5) is 28.7. The Labute approximate surface area is 174 Å². The van der Waals surface area contributed by atoms with E-state index in [0.29, 0.717) is 10.7 Å². The average Bonchev–Trinajstić information content (AvgIpc) is 2.99. The lowest BCUT2D eigenvalue weighted by molar-refractivity contribution is -0.113. The van der Waals surface area contributed by atoms with Crippen molar-refractivity contribution >= 4 is 57.2 Å². The van der Waals surface area contributed by atoms with Gasteiger partial charge >= 0.3 is 5.97 Å². The summed E-state index contributed by atoms with van der Waals surface area (Å²) >= 11 is 12.9. The van der Waals surface area contributed by atoms with Gasteiger partial charge in [-0.05, 0) is 39.0 Å². The molecule has 1 heterocycles. The van der Waals surface area contributed by atoms with Crippen LogP contribution in [0.15, 0.2) is 39.9 Å². The summed E-state index contributed by atoms with van der Waals surface area (Å²) in [5.74, 6) is -1.62. The maximum absolute atomic E-state index is 12.4. The molecule has 2 rings (SSSR count). The van der Waals surface area contributed by atoms with E-state index < -0.39 is 11.9 Å². The van der Waals surface area contributed by atoms with Gasteiger partial charge in [-0.1, -0.05) is 34.5 Å². The number of aliphatic hydroxyl groups is 1. The SMILES string of the molecule is CCOC(=O)c1sc(N=NC(C(=O)Nc2cc(Cl)ccc2Cl)=C(C)O)nc1C. The van der Waals surface area contributed by atoms with Gasteiger partial charge in [-0.3, -0.25) is 4.79 Å². The van der Waals surface area contributed by atoms with Crippen molar-refractivity contribution in [3.63, 3.8) is 0 Å². The van der Waals surface area contributed by atoms with Crippen LogP contribution in [-0.4, -0.2) is 28.6 Å². The summed E-state index contributed by atoms with van der Waals surface area (Å²) in [5, 5.41) is 20.7. The lowest BCUT2D eigenvalue weighted by atomic mass is 10.3. The number of allylic oxidation sites excluding steroid dienone is 1. The topological polar surface area (TPSA) is 113 Å². The summed E-state index contributed by atoms with van der Waals surface area (Å²) in [6, 6.07) is 4.55. The van der Waals surface area contributed by atoms with Crippen LogP contribution >= 0.6 is 34.5 Å². The Kier molecular flexibility index (Phi) is 7.50. The maximum atomic E-state index is 12.4. The number of aliphatic hydroxyl groups excluding tert-OH is 1. The predicted molar refractivity (Wildman–Crippen MR) is 108 cm³/mol. The smallest absolute Gasteiger partial charge is 0.350 e. The molecule has 0 radical (unpaired) electrons. The molecule has 1 amide bonds. The van der Waals surface area contributed by atoms with Crippen molar-refractivity contribution in [3.8, 4) is 0 Å². The first-order valence-electron chi connectivity index (χ1n) is 7.95. The number of amides is 1. The van der Waals surface area contributed by atoms with Crippen molar-refractivity contribution in [2.24, 2.45) is 10.2 Å². The highest BCUT2D eigenvalue weighted by atomic mass is 35.5. The molecule has 0 saturated heterocycles. The van der Waals surface area contributed by atoms with Crippen molar-refractivity contribution in [1.29, 1.82) is 0 Å². The molecule has 0 aliphatic heterocycles. The molecular formula is C17H16Cl2N4O4S. The lowest BCUT2D eigenvalue weighted by Crippen LogP contribution is -2.15. The number of hydrogen-bond acceptors (Lipinski definition) is 8. The van der Waals surface area contributed by atoms with Crippen LogP contribution in [0.25, 0.3) is 0 Å². The Morgan fingerprint density at radius 3 is 2.71 bits per heavy atom. The van der Waals surface area contributed by atoms with E-state index >= 15 is 0 Å². The molecule has 2 aromatic rings. The average molecular weight is 443 g/mol. The first kappa shape index (κ1) is 21.8. The highest BCUT2D eigenvalue weighted by Gasteiger charge is 2.18. The second-order valence-electron chi connectivity index (χ2n) is 5.34. The van der Waals surface area contributed by atoms with Crippen LogP contribution in [0.2, 0.25) is 10.0 Å². The van der Waals surface area contributed by atoms with Gasteiger partial charge in [0.1, 0.15) is 10.6 Å². The van der Waals surface area contributed by atoms with E-state index in [1.165, 1.54) is 19.1 Å². The number of halogens is 2. The van der Waals surface area contributed by atoms with E-state index in [4.69, 9.17) is 27.9 Å². The minimum atomic E-state index is -0.744. The largest absolute Gasteiger partial charge is 0.510 e. The van der Waals surface area contributed by atoms with Gasteiger partial charge in [0.05, 0.1) is 23.0 Å². The monoisotopic (exact) mass is 442 g/mol. The molecule has 0 fully saturated rings. The Bertz CT molecular complexity index is 968. The van der Waals surface area contributed by atoms with Gasteiger partial charge in [-0.2, -0.15) is 0 Å². The van der Waals surface area contributed by atoms with Crippen LogP contribution in [0.4, 0.5) is 10.8 Å². The van der Waals surface area contributed by atoms with Gasteiger partial charge in [0.2, 0.25) is 5.13 Å². The normalized spacial score (nSPS) is 12.0. The molecule has 0 atom stereocenters. The molecule has 148 valence electrons. The number of esters is 1. The lowest BCUT2D eigenvalue weighted by Gasteiger charge is -2.07. The third-order valence-corrected chi connectivity index (χ3v) is 4.80. The number of azo groups is 1. The van der Waals surface area contributed by atoms with E-state index in [2.05, 4.69) is 20.5 Å². The number of ether oxygens (including phenoxy) is 1. The molecule has 0 saturated carbocycles. The number of thiazole rings is 1. The van der Waals surface area contributed by atoms with Crippen LogP contribution in [0, 0.1) is 6.92 Å². The molecular weight excluding hydrogens is 427 g/mol. The molecule has 0 unspecified atom stereocenters. The Balaban J connectivity index is 2.23. The Morgan fingerprint density at radius 2 is 2.07 bits per heavy atom. The molecule has 28 heavy (non-hydrogen) atoms. The molecule has 0 spiro atoms. The van der Waals surface area contributed by atoms with E-state index in [1.807, 2.05) is 0 Å². The molecule has 0 aliphatic carbocycles. The Morgan fingerprint density at radius 1 is 1.36 bits per heavy atom. The first-order valence-corrected chi connectivity index (χ1v) is 9.52. The van der Waals surface area contributed by atoms with Crippen molar-refractivity contribution in [3.05, 3.63) is 50.3 Å². The predicted octanol–water partition coefficient (Wildman–Crippen LogP) is 5.45. The first-order chi connectivity index (χ1) is 13.2. The third-order valence-electron chi connectivity index (χ3n) is 3.22. The third kappa shape index (κ3) is 5.51. The van der Waals surface area contributed by atoms with Crippen molar-refractivity contribution in [2.45, 2.75) is 20.8 Å². The standard InChI is InChI=1S/C17H16Cl2N4O4S/c1-4-27-16(26)14-8(2)20-17(28-14)23-22-13(9(3)24)15(25)21-12-7-10(18)5-6-11(12)19/h5-7,24H,4H2,1-3H3,(H,21,25). The minimum absolute atomic E-state index is 0.132. The number of carbonyl (C=O) groups is 2. The van der Waals surface area contributed by atoms with Gasteiger partial charge in [-0.15, -0.1) is 10.2 Å². The highest BCUT2D eigenvalue weighted by Crippen LogP contribution is 2.28. The van der Waals surface area contributed by atoms with Crippen LogP contribution in [0.3, 0.4) is 0 Å². The zero-order chi connectivity index (χ0) is 20.8. The zero-order valence-corrected chi connectivity index (χ0v) is 17.4. The number of nitrogens with one attached hydrogen (secondary N) is 1. The van der Waals surface area contributed by atoms with Gasteiger partial charge in [0, 0.05) is 5.02 Å². The van der Waals surface area contributed by atoms with Crippen LogP contribution in [0.1, 0.15) is 29.2 Å². The fourth-order valence-corrected chi connectivity index (χ4v) is 3.08. The second-order valence-corrected chi connectivity index (χ2v) is 7.16. The van der Waals surface area contributed by atoms with Crippen LogP contribution < -0.4 is 5.32 Å². The molecule has 1 aromatic heterocycles. The summed E-state index contributed by atoms with van der Waals surface area (Å²) in [6.45, 7) is 4.84. The van der Waals surface area contributed by atoms with Crippen LogP contribution in [0.5, 0.6) is 0 Å². The summed E-state index contributed by atoms with van der Waals surface area (Å²) in [5.41, 5.74) is 0.336. The Hall–Kier alpha value is -2.49. The van der Waals surface area contributed by atoms with Crippen molar-refractivity contribution in [1.82, 2.24) is 4.98 Å². The number of benzene rings is 1. The van der Waals surface area contributed by atoms with Gasteiger partial charge < -0.3 is 15.2 Å². The van der Waals surface area contributed by atoms with Gasteiger partial charge in [0.15, 0.2) is 5.70 Å². The molecule has 0 aliphatic rings. The van der Waals surface area contributed by atoms with Gasteiger partial charge in [-0.25, -0.2) is 9.78 Å². The quantitative estimate of drug-likeness (QED) is 0.267. The number of nitrogens with zero attached hydrogens (tertiary/aromatic N) is 3. The van der Waals surface area contributed by atoms with Crippen molar-refractivity contribution in [2.75, 3.05) is 11.9 Å². The number of rotatable bonds is 6. The molecule has 0 bridgehead atoms. The fourth-order valence-electron chi connectivity index (χ4n) is 1.96. The minimum Gasteiger partial charge on any atom is -0.510 e. The van der Waals surface area contributed by atoms with Crippen molar-refractivity contribution < 1.29 is 19.4 Å². The highest BCUT2D eigenvalue weighted by molar-refractivity contribution is 7.17. The van der Waals surface area contributed by atoms with E-state index in [1.54, 1.807) is 19.9 Å². The molecule has 1 aromatic carbocycles. The summed E-state index contributed by atoms with van der Waals surface area (Å²) in [6.07, 6.45) is 0. The number of aromatic nitrogens is 1. The summed E-state index contributed by atoms with van der Waals surface area (Å²) < 4.78 is 4.93. The maximum Gasteiger partial charge on any atom is 0.350 e. The molecule has 8 nitrogen and oxygen atoms in total. The number of hydrogen-bond donors (Lipinski definition) is 2.